The number of nitrogens with two attached hydrogens (primary N) is 4. The molecule has 10 unspecified atom stereocenters. The first-order valence-electron chi connectivity index (χ1n) is 33.6. The summed E-state index contributed by atoms with van der Waals surface area (Å²) in [5.41, 5.74) is 20.1. The minimum Gasteiger partial charge on any atom is -0.508 e. The summed E-state index contributed by atoms with van der Waals surface area (Å²) in [4.78, 5) is 126. The summed E-state index contributed by atoms with van der Waals surface area (Å²) in [6.07, 6.45) is -18.3. The minimum atomic E-state index is -2.35. The van der Waals surface area contributed by atoms with E-state index in [-0.39, 0.29) is 68.8 Å². The van der Waals surface area contributed by atoms with Gasteiger partial charge in [0.1, 0.15) is 95.0 Å². The summed E-state index contributed by atoms with van der Waals surface area (Å²) in [6.45, 7) is 8.26. The zero-order chi connectivity index (χ0) is 78.4. The number of aliphatic hydroxyl groups excluding tert-OH is 5. The van der Waals surface area contributed by atoms with E-state index in [2.05, 4.69) is 41.9 Å². The number of nitrogen functional groups attached to an aromatic ring is 2. The van der Waals surface area contributed by atoms with Gasteiger partial charge in [-0.2, -0.15) is 0 Å². The van der Waals surface area contributed by atoms with Crippen LogP contribution in [0.4, 0.5) is 11.6 Å². The Morgan fingerprint density at radius 1 is 0.704 bits per heavy atom. The number of carbonyl (C=O) groups is 8. The van der Waals surface area contributed by atoms with E-state index < -0.39 is 230 Å². The summed E-state index contributed by atoms with van der Waals surface area (Å²) in [5.74, 6) is -17.0. The first-order valence-corrected chi connectivity index (χ1v) is 35.4. The van der Waals surface area contributed by atoms with Crippen LogP contribution in [0.15, 0.2) is 90.1 Å². The average molecular weight is 1560 g/mol. The lowest BCUT2D eigenvalue weighted by Crippen LogP contribution is -2.64. The van der Waals surface area contributed by atoms with E-state index >= 15 is 14.4 Å². The molecule has 7 aliphatic rings. The number of primary amides is 1. The lowest BCUT2D eigenvalue weighted by atomic mass is 9.86. The normalized spacial score (nSPS) is 28.3. The number of halogens is 2. The van der Waals surface area contributed by atoms with Crippen molar-refractivity contribution in [1.29, 1.82) is 0 Å². The van der Waals surface area contributed by atoms with E-state index in [0.717, 1.165) is 78.5 Å². The predicted molar refractivity (Wildman–Crippen MR) is 380 cm³/mol. The van der Waals surface area contributed by atoms with Crippen LogP contribution in [0.3, 0.4) is 0 Å². The van der Waals surface area contributed by atoms with Crippen molar-refractivity contribution >= 4 is 93.9 Å². The third-order valence-corrected chi connectivity index (χ3v) is 20.1. The molecule has 0 saturated carbocycles. The van der Waals surface area contributed by atoms with E-state index in [1.807, 2.05) is 13.8 Å². The Hall–Kier alpha value is -10.1. The molecule has 2 fully saturated rings. The number of aromatic hydroxyl groups is 3. The first kappa shape index (κ1) is 79.0. The van der Waals surface area contributed by atoms with Crippen molar-refractivity contribution in [2.75, 3.05) is 17.2 Å². The van der Waals surface area contributed by atoms with Crippen molar-refractivity contribution in [2.45, 2.75) is 162 Å². The topological polar surface area (TPSA) is 576 Å². The number of nitrogens with one attached hydrogen (secondary N) is 6. The number of thioether (sulfide) groups is 1. The molecule has 13 rings (SSSR count). The van der Waals surface area contributed by atoms with Gasteiger partial charge in [0.2, 0.25) is 53.4 Å². The highest BCUT2D eigenvalue weighted by molar-refractivity contribution is 7.99. The maximum Gasteiger partial charge on any atom is 0.330 e. The van der Waals surface area contributed by atoms with Crippen LogP contribution in [0.2, 0.25) is 10.0 Å². The van der Waals surface area contributed by atoms with Gasteiger partial charge in [0.25, 0.3) is 0 Å². The van der Waals surface area contributed by atoms with E-state index in [0.29, 0.717) is 0 Å². The number of phenolic OH excluding ortho intramolecular Hbond substituents is 3. The highest BCUT2D eigenvalue weighted by Gasteiger charge is 2.52. The van der Waals surface area contributed by atoms with Gasteiger partial charge >= 0.3 is 5.97 Å². The zero-order valence-corrected chi connectivity index (χ0v) is 60.2. The molecule has 35 nitrogen and oxygen atoms in total. The molecule has 7 amide bonds. The van der Waals surface area contributed by atoms with Crippen LogP contribution in [0.1, 0.15) is 112 Å². The van der Waals surface area contributed by atoms with Crippen molar-refractivity contribution in [1.82, 2.24) is 41.9 Å². The fraction of sp³-hybridized carbons (Fsp3) is 0.400. The Morgan fingerprint density at radius 2 is 1.31 bits per heavy atom. The van der Waals surface area contributed by atoms with Gasteiger partial charge in [0.05, 0.1) is 34.8 Å². The maximum atomic E-state index is 16.2. The van der Waals surface area contributed by atoms with E-state index in [1.165, 1.54) is 32.0 Å². The van der Waals surface area contributed by atoms with Gasteiger partial charge in [0.15, 0.2) is 35.1 Å². The molecule has 1 aromatic heterocycles. The van der Waals surface area contributed by atoms with Crippen molar-refractivity contribution in [2.24, 2.45) is 23.3 Å². The Kier molecular flexibility index (Phi) is 23.4. The number of phenols is 3. The fourth-order valence-electron chi connectivity index (χ4n) is 13.2. The van der Waals surface area contributed by atoms with Gasteiger partial charge in [-0.3, -0.25) is 33.6 Å². The minimum absolute atomic E-state index is 0.00167. The summed E-state index contributed by atoms with van der Waals surface area (Å²) in [5, 5.41) is 119. The van der Waals surface area contributed by atoms with E-state index in [9.17, 15) is 69.9 Å². The number of aromatic nitrogens is 2. The zero-order valence-electron chi connectivity index (χ0n) is 57.9. The number of carbonyl (C=O) groups excluding carboxylic acids is 7. The van der Waals surface area contributed by atoms with E-state index in [4.69, 9.17) is 74.6 Å². The van der Waals surface area contributed by atoms with Crippen molar-refractivity contribution < 1.29 is 113 Å². The number of aliphatic carboxylic acids is 1. The first-order chi connectivity index (χ1) is 50.9. The van der Waals surface area contributed by atoms with Crippen LogP contribution < -0.4 is 69.0 Å². The number of hydrogen-bond donors (Lipinski definition) is 19. The van der Waals surface area contributed by atoms with Gasteiger partial charge in [-0.15, -0.1) is 0 Å². The molecule has 23 N–H and O–H groups in total. The highest BCUT2D eigenvalue weighted by Crippen LogP contribution is 2.50. The van der Waals surface area contributed by atoms with Crippen molar-refractivity contribution in [3.05, 3.63) is 123 Å². The number of nitrogens with zero attached hydrogens (tertiary/aromatic N) is 2. The lowest BCUT2D eigenvalue weighted by molar-refractivity contribution is -0.329. The van der Waals surface area contributed by atoms with Gasteiger partial charge in [-0.05, 0) is 103 Å². The van der Waals surface area contributed by atoms with Crippen LogP contribution in [0.25, 0.3) is 11.1 Å². The van der Waals surface area contributed by atoms with E-state index in [1.54, 1.807) is 6.92 Å². The molecule has 0 spiro atoms. The number of rotatable bonds is 14. The molecule has 18 atom stereocenters. The molecule has 11 bridgehead atoms. The molecule has 0 aliphatic carbocycles. The number of benzene rings is 5. The third-order valence-electron chi connectivity index (χ3n) is 18.6. The van der Waals surface area contributed by atoms with Gasteiger partial charge in [-0.25, -0.2) is 14.8 Å². The van der Waals surface area contributed by atoms with Crippen LogP contribution >= 0.6 is 35.0 Å². The molecule has 0 radical (unpaired) electrons. The highest BCUT2D eigenvalue weighted by atomic mass is 35.5. The van der Waals surface area contributed by atoms with Gasteiger partial charge < -0.3 is 129 Å². The molecule has 576 valence electrons. The summed E-state index contributed by atoms with van der Waals surface area (Å²) in [7, 11) is 0. The summed E-state index contributed by atoms with van der Waals surface area (Å²) < 4.78 is 39.4. The number of hydrogen-bond acceptors (Lipinski definition) is 28. The average Bonchev–Trinajstić information content (AvgIpc) is 0.767. The Bertz CT molecular complexity index is 4530. The molecular formula is C70H78Cl2N12O23S. The number of anilines is 2. The molecule has 38 heteroatoms. The number of carboxylic acids is 1. The third kappa shape index (κ3) is 17.1. The second-order valence-corrected chi connectivity index (χ2v) is 29.2. The lowest BCUT2D eigenvalue weighted by Gasteiger charge is -2.47. The number of amides is 7. The molecular weight excluding hydrogens is 1480 g/mol. The molecule has 8 heterocycles. The number of aliphatic hydroxyl groups is 5. The molecule has 5 aromatic carbocycles. The van der Waals surface area contributed by atoms with Crippen LogP contribution in [-0.2, 0) is 52.6 Å². The van der Waals surface area contributed by atoms with Crippen molar-refractivity contribution in [3.8, 4) is 57.1 Å². The maximum absolute atomic E-state index is 16.2. The second-order valence-electron chi connectivity index (χ2n) is 27.4. The smallest absolute Gasteiger partial charge is 0.330 e. The molecule has 2 saturated heterocycles. The summed E-state index contributed by atoms with van der Waals surface area (Å²) >= 11 is 15.1. The number of carboxylic acid groups (broad SMARTS) is 1. The SMILES string of the molecule is CC(C)C[C@H](C)C(=O)N[C@H]1C(=O)N[C@@H](CC(N)=O)C(=O)N[C@H]2C(=O)NC3C(=O)N[C@H](C(=O)N[C@@H](C(=O)O)c4cc(O)cc(O)c4-c4cc3ccc4O)[C@H](O)c3ccc(c(Cl)c3)Oc3cc2cc(c3OC2OC(CSc3nc(N)cc(N)n3)C(O)C(O)C2OC2CC(C)(N)C(O)C(C)O2)Oc2ccc(cc2Cl)[C@H]1O. The predicted octanol–water partition coefficient (Wildman–Crippen LogP) is 1.91. The van der Waals surface area contributed by atoms with Crippen LogP contribution in [0.5, 0.6) is 46.0 Å². The van der Waals surface area contributed by atoms with Gasteiger partial charge in [0, 0.05) is 52.5 Å². The quantitative estimate of drug-likeness (QED) is 0.0547. The Labute approximate surface area is 628 Å². The monoisotopic (exact) mass is 1560 g/mol. The number of fused-ring (bicyclic) bond motifs is 15. The number of ether oxygens (including phenoxy) is 6. The Balaban J connectivity index is 1.16. The standard InChI is InChI=1S/C70H78Cl2N12O23S/c1-24(2)12-25(3)61(94)83-52-54(89)28-7-10-39(34(71)14-28)103-41-16-30-17-42(58(41)107-68-59(106-47-22-70(5,76)60(93)26(4)102-47)57(92)56(91)43(105-68)23-108-69-78-44(73)21-45(74)79-69)104-40-11-8-29(15-35(40)72)55(90)53-66(99)82-51(67(100)101)33-18-31(85)19-38(87)48(33)32-13-27(6-9-37(32)86)49(63(96)84-53)81-64(97)50(30)80-62(95)36(20-46(75)88)77-65(52)98/h6-11,13-19,21,24-26,36,43,47,49-57,59-60,68,85-87,89-93H,12,20,22-23,76H2,1-5H3,(H2,75,88)(H,77,98)(H,80,95)(H,81,97)(H,82,99)(H,83,94)(H,84,96)(H,100,101)(H4,73,74,78,79)/t25-,26?,36-,43?,47?,49?,50+,51+,52+,53-,54+,55+,56?,57?,59?,60?,68?,70?/m0/s1. The Morgan fingerprint density at radius 3 is 1.91 bits per heavy atom. The summed E-state index contributed by atoms with van der Waals surface area (Å²) in [6, 6.07) is 1.73. The van der Waals surface area contributed by atoms with Crippen LogP contribution in [-0.4, -0.2) is 182 Å². The largest absolute Gasteiger partial charge is 0.508 e. The fourth-order valence-corrected chi connectivity index (χ4v) is 14.6. The van der Waals surface area contributed by atoms with Crippen LogP contribution in [0, 0.1) is 11.8 Å². The molecule has 6 aromatic rings. The van der Waals surface area contributed by atoms with Gasteiger partial charge in [-0.1, -0.05) is 73.9 Å². The second kappa shape index (κ2) is 32.0. The van der Waals surface area contributed by atoms with Crippen molar-refractivity contribution in [3.63, 3.8) is 0 Å². The molecule has 7 aliphatic heterocycles. The molecule has 108 heavy (non-hydrogen) atoms.